The summed E-state index contributed by atoms with van der Waals surface area (Å²) >= 11 is 0. The quantitative estimate of drug-likeness (QED) is 0.462. The molecule has 13 heavy (non-hydrogen) atoms. The first-order valence-corrected chi connectivity index (χ1v) is 4.04. The lowest BCUT2D eigenvalue weighted by Gasteiger charge is -1.96. The van der Waals surface area contributed by atoms with Crippen LogP contribution < -0.4 is 0 Å². The molecule has 1 rings (SSSR count). The maximum atomic E-state index is 4.17. The van der Waals surface area contributed by atoms with Crippen molar-refractivity contribution in [3.05, 3.63) is 48.4 Å². The van der Waals surface area contributed by atoms with E-state index in [1.54, 1.807) is 18.5 Å². The highest BCUT2D eigenvalue weighted by Crippen LogP contribution is 2.18. The molecule has 0 saturated carbocycles. The minimum atomic E-state index is 0.812. The maximum Gasteiger partial charge on any atom is 0.0892 e. The second kappa shape index (κ2) is 4.36. The van der Waals surface area contributed by atoms with Gasteiger partial charge in [0.1, 0.15) is 0 Å². The van der Waals surface area contributed by atoms with Gasteiger partial charge in [-0.1, -0.05) is 19.2 Å². The summed E-state index contributed by atoms with van der Waals surface area (Å²) in [5.74, 6) is 0. The number of nitrogens with zero attached hydrogens (tertiary/aromatic N) is 2. The van der Waals surface area contributed by atoms with Gasteiger partial charge in [0.05, 0.1) is 11.4 Å². The van der Waals surface area contributed by atoms with Crippen molar-refractivity contribution in [2.45, 2.75) is 6.92 Å². The first-order valence-electron chi connectivity index (χ1n) is 4.04. The molecule has 0 aromatic rings. The van der Waals surface area contributed by atoms with Crippen molar-refractivity contribution in [1.29, 1.82) is 0 Å². The molecule has 0 amide bonds. The van der Waals surface area contributed by atoms with Crippen molar-refractivity contribution >= 4 is 12.4 Å². The third-order valence-electron chi connectivity index (χ3n) is 1.50. The van der Waals surface area contributed by atoms with Crippen molar-refractivity contribution < 1.29 is 0 Å². The van der Waals surface area contributed by atoms with Gasteiger partial charge >= 0.3 is 0 Å². The Labute approximate surface area is 78.4 Å². The van der Waals surface area contributed by atoms with Crippen LogP contribution in [0.4, 0.5) is 0 Å². The van der Waals surface area contributed by atoms with Crippen LogP contribution in [0.5, 0.6) is 0 Å². The summed E-state index contributed by atoms with van der Waals surface area (Å²) in [4.78, 5) is 8.33. The zero-order chi connectivity index (χ0) is 9.68. The van der Waals surface area contributed by atoms with Crippen molar-refractivity contribution in [2.75, 3.05) is 0 Å². The van der Waals surface area contributed by atoms with Gasteiger partial charge in [-0.15, -0.1) is 0 Å². The molecule has 1 aliphatic heterocycles. The molecular formula is C11H12N2. The van der Waals surface area contributed by atoms with Crippen LogP contribution in [0.15, 0.2) is 58.3 Å². The molecule has 2 nitrogen and oxygen atoms in total. The average Bonchev–Trinajstić information content (AvgIpc) is 2.51. The van der Waals surface area contributed by atoms with Crippen molar-refractivity contribution in [2.24, 2.45) is 9.98 Å². The topological polar surface area (TPSA) is 24.7 Å². The number of allylic oxidation sites excluding steroid dienone is 4. The van der Waals surface area contributed by atoms with Gasteiger partial charge in [-0.25, -0.2) is 0 Å². The van der Waals surface area contributed by atoms with E-state index in [1.807, 2.05) is 19.1 Å². The Kier molecular flexibility index (Phi) is 3.15. The molecule has 0 aromatic carbocycles. The predicted molar refractivity (Wildman–Crippen MR) is 58.2 cm³/mol. The average molecular weight is 172 g/mol. The second-order valence-electron chi connectivity index (χ2n) is 2.54. The molecule has 0 N–H and O–H groups in total. The highest BCUT2D eigenvalue weighted by atomic mass is 14.9. The van der Waals surface area contributed by atoms with E-state index in [4.69, 9.17) is 0 Å². The molecule has 0 aromatic heterocycles. The molecule has 1 heterocycles. The van der Waals surface area contributed by atoms with E-state index in [0.717, 1.165) is 17.0 Å². The first kappa shape index (κ1) is 9.39. The summed E-state index contributed by atoms with van der Waals surface area (Å²) in [5, 5.41) is 0. The number of hydrogen-bond donors (Lipinski definition) is 0. The fourth-order valence-electron chi connectivity index (χ4n) is 0.988. The molecule has 0 fully saturated rings. The van der Waals surface area contributed by atoms with Crippen LogP contribution in [0.2, 0.25) is 0 Å². The van der Waals surface area contributed by atoms with E-state index in [-0.39, 0.29) is 0 Å². The fraction of sp³-hybridized carbons (Fsp3) is 0.0909. The van der Waals surface area contributed by atoms with Gasteiger partial charge in [0.2, 0.25) is 0 Å². The van der Waals surface area contributed by atoms with E-state index in [1.165, 1.54) is 0 Å². The molecule has 1 aliphatic rings. The van der Waals surface area contributed by atoms with Crippen LogP contribution in [-0.2, 0) is 0 Å². The Morgan fingerprint density at radius 3 is 2.85 bits per heavy atom. The Morgan fingerprint density at radius 2 is 2.38 bits per heavy atom. The van der Waals surface area contributed by atoms with Gasteiger partial charge in [0.25, 0.3) is 0 Å². The monoisotopic (exact) mass is 172 g/mol. The molecule has 2 heteroatoms. The van der Waals surface area contributed by atoms with Gasteiger partial charge in [-0.05, 0) is 24.6 Å². The number of hydrogen-bond acceptors (Lipinski definition) is 2. The summed E-state index contributed by atoms with van der Waals surface area (Å²) in [6.07, 6.45) is 8.86. The van der Waals surface area contributed by atoms with Gasteiger partial charge < -0.3 is 0 Å². The molecule has 0 bridgehead atoms. The smallest absolute Gasteiger partial charge is 0.0892 e. The van der Waals surface area contributed by atoms with Crippen LogP contribution in [0.1, 0.15) is 6.92 Å². The van der Waals surface area contributed by atoms with Crippen molar-refractivity contribution in [1.82, 2.24) is 0 Å². The van der Waals surface area contributed by atoms with Crippen molar-refractivity contribution in [3.63, 3.8) is 0 Å². The zero-order valence-corrected chi connectivity index (χ0v) is 7.70. The molecule has 0 saturated heterocycles. The van der Waals surface area contributed by atoms with Crippen LogP contribution in [0, 0.1) is 0 Å². The van der Waals surface area contributed by atoms with Crippen LogP contribution in [0.25, 0.3) is 0 Å². The number of rotatable bonds is 3. The molecule has 66 valence electrons. The maximum absolute atomic E-state index is 4.17. The standard InChI is InChI=1S/C11H12N2/c1-4-6-10(12-5-2)11-7-9(3)8-13-11/h4-8H,1,3H2,2H3. The Bertz CT molecular complexity index is 341. The van der Waals surface area contributed by atoms with Crippen LogP contribution in [0.3, 0.4) is 0 Å². The lowest BCUT2D eigenvalue weighted by atomic mass is 10.2. The Balaban J connectivity index is 2.96. The van der Waals surface area contributed by atoms with E-state index >= 15 is 0 Å². The van der Waals surface area contributed by atoms with E-state index in [9.17, 15) is 0 Å². The molecule has 0 atom stereocenters. The van der Waals surface area contributed by atoms with Gasteiger partial charge in [0.15, 0.2) is 0 Å². The molecule has 0 spiro atoms. The van der Waals surface area contributed by atoms with E-state index < -0.39 is 0 Å². The third-order valence-corrected chi connectivity index (χ3v) is 1.50. The summed E-state index contributed by atoms with van der Waals surface area (Å²) in [5.41, 5.74) is 2.55. The van der Waals surface area contributed by atoms with E-state index in [0.29, 0.717) is 0 Å². The summed E-state index contributed by atoms with van der Waals surface area (Å²) < 4.78 is 0. The van der Waals surface area contributed by atoms with Gasteiger partial charge in [0, 0.05) is 12.4 Å². The van der Waals surface area contributed by atoms with Gasteiger partial charge in [-0.2, -0.15) is 0 Å². The zero-order valence-electron chi connectivity index (χ0n) is 7.70. The highest BCUT2D eigenvalue weighted by molar-refractivity contribution is 5.86. The van der Waals surface area contributed by atoms with Gasteiger partial charge in [-0.3, -0.25) is 9.98 Å². The molecular weight excluding hydrogens is 160 g/mol. The fourth-order valence-corrected chi connectivity index (χ4v) is 0.988. The van der Waals surface area contributed by atoms with E-state index in [2.05, 4.69) is 23.1 Å². The largest absolute Gasteiger partial charge is 0.259 e. The SMILES string of the molecule is C=CC=C(N=CC)C1=CC(=C)C=N1. The number of aliphatic imine (C=N–C) groups is 2. The predicted octanol–water partition coefficient (Wildman–Crippen LogP) is 2.67. The third kappa shape index (κ3) is 2.37. The summed E-state index contributed by atoms with van der Waals surface area (Å²) in [7, 11) is 0. The lowest BCUT2D eigenvalue weighted by Crippen LogP contribution is -1.80. The molecule has 0 aliphatic carbocycles. The first-order chi connectivity index (χ1) is 6.27. The van der Waals surface area contributed by atoms with Crippen LogP contribution >= 0.6 is 0 Å². The molecule has 0 unspecified atom stereocenters. The summed E-state index contributed by atoms with van der Waals surface area (Å²) in [6.45, 7) is 9.26. The minimum absolute atomic E-state index is 0.812. The van der Waals surface area contributed by atoms with Crippen molar-refractivity contribution in [3.8, 4) is 0 Å². The normalized spacial score (nSPS) is 16.8. The highest BCUT2D eigenvalue weighted by Gasteiger charge is 2.05. The minimum Gasteiger partial charge on any atom is -0.259 e. The Hall–Kier alpha value is -1.70. The van der Waals surface area contributed by atoms with Crippen LogP contribution in [-0.4, -0.2) is 12.4 Å². The summed E-state index contributed by atoms with van der Waals surface area (Å²) in [6, 6.07) is 0. The lowest BCUT2D eigenvalue weighted by molar-refractivity contribution is 1.26. The Morgan fingerprint density at radius 1 is 1.62 bits per heavy atom. The molecule has 0 radical (unpaired) electrons. The second-order valence-corrected chi connectivity index (χ2v) is 2.54.